The van der Waals surface area contributed by atoms with Gasteiger partial charge in [-0.15, -0.1) is 0 Å². The van der Waals surface area contributed by atoms with E-state index < -0.39 is 6.04 Å². The van der Waals surface area contributed by atoms with Crippen molar-refractivity contribution in [1.82, 2.24) is 10.2 Å². The van der Waals surface area contributed by atoms with Crippen LogP contribution in [-0.2, 0) is 16.0 Å². The molecule has 3 aromatic rings. The molecule has 9 heteroatoms. The maximum absolute atomic E-state index is 13.9. The third-order valence-corrected chi connectivity index (χ3v) is 8.91. The van der Waals surface area contributed by atoms with E-state index in [1.165, 1.54) is 0 Å². The first kappa shape index (κ1) is 31.7. The van der Waals surface area contributed by atoms with E-state index in [1.807, 2.05) is 86.3 Å². The minimum Gasteiger partial charge on any atom is -0.493 e. The number of methoxy groups -OCH3 is 1. The first-order chi connectivity index (χ1) is 21.2. The van der Waals surface area contributed by atoms with Crippen LogP contribution in [0.4, 0.5) is 10.5 Å². The van der Waals surface area contributed by atoms with Crippen LogP contribution in [0.3, 0.4) is 0 Å². The van der Waals surface area contributed by atoms with Crippen molar-refractivity contribution in [3.63, 3.8) is 0 Å². The molecule has 2 amide bonds. The van der Waals surface area contributed by atoms with Crippen LogP contribution in [0.15, 0.2) is 60.7 Å². The number of carbonyl (C=O) groups excluding carboxylic acids is 2. The van der Waals surface area contributed by atoms with Gasteiger partial charge in [-0.3, -0.25) is 4.79 Å². The van der Waals surface area contributed by atoms with Crippen LogP contribution in [0.1, 0.15) is 74.9 Å². The Morgan fingerprint density at radius 3 is 2.41 bits per heavy atom. The molecule has 0 spiro atoms. The Labute approximate surface area is 265 Å². The van der Waals surface area contributed by atoms with Gasteiger partial charge in [0.1, 0.15) is 6.10 Å². The molecule has 0 aromatic heterocycles. The predicted molar refractivity (Wildman–Crippen MR) is 173 cm³/mol. The number of rotatable bonds is 10. The molecular weight excluding hydrogens is 578 g/mol. The zero-order valence-corrected chi connectivity index (χ0v) is 26.9. The highest BCUT2D eigenvalue weighted by Gasteiger charge is 2.36. The third kappa shape index (κ3) is 6.66. The van der Waals surface area contributed by atoms with Crippen LogP contribution in [0.25, 0.3) is 0 Å². The van der Waals surface area contributed by atoms with Gasteiger partial charge in [0.25, 0.3) is 0 Å². The van der Waals surface area contributed by atoms with E-state index in [0.29, 0.717) is 29.6 Å². The standard InChI is InChI=1S/C35H42ClN3O5/c1-6-22(3)43-32-20-30-26(18-31(32)42-5)19-33(40)39(34(30)25-8-12-27(36)13-9-25)28-14-10-24(11-15-28)23(4)38(7-2)35(41)44-29-16-17-37-21-29/h8-15,18,20,22-23,29,34,37H,6-7,16-17,19,21H2,1-5H3/t22-,23?,29?,34?/m1/s1. The Bertz CT molecular complexity index is 1460. The van der Waals surface area contributed by atoms with Crippen molar-refractivity contribution in [1.29, 1.82) is 0 Å². The van der Waals surface area contributed by atoms with Crippen molar-refractivity contribution in [3.05, 3.63) is 87.9 Å². The van der Waals surface area contributed by atoms with Gasteiger partial charge in [-0.25, -0.2) is 4.79 Å². The van der Waals surface area contributed by atoms with E-state index in [4.69, 9.17) is 25.8 Å². The largest absolute Gasteiger partial charge is 0.493 e. The SMILES string of the molecule is CC[C@@H](C)Oc1cc2c(cc1OC)CC(=O)N(c1ccc(C(C)N(CC)C(=O)OC3CCNC3)cc1)C2c1ccc(Cl)cc1. The van der Waals surface area contributed by atoms with Crippen LogP contribution >= 0.6 is 11.6 Å². The number of amides is 2. The van der Waals surface area contributed by atoms with Gasteiger partial charge in [0.15, 0.2) is 11.5 Å². The highest BCUT2D eigenvalue weighted by atomic mass is 35.5. The monoisotopic (exact) mass is 619 g/mol. The molecule has 2 aliphatic rings. The highest BCUT2D eigenvalue weighted by Crippen LogP contribution is 2.44. The normalized spacial score (nSPS) is 19.2. The van der Waals surface area contributed by atoms with Gasteiger partial charge in [-0.1, -0.05) is 42.8 Å². The number of fused-ring (bicyclic) bond motifs is 1. The van der Waals surface area contributed by atoms with Gasteiger partial charge in [-0.2, -0.15) is 0 Å². The van der Waals surface area contributed by atoms with Crippen LogP contribution in [-0.4, -0.2) is 55.9 Å². The Balaban J connectivity index is 1.49. The fourth-order valence-electron chi connectivity index (χ4n) is 5.97. The summed E-state index contributed by atoms with van der Waals surface area (Å²) in [7, 11) is 1.62. The fraction of sp³-hybridized carbons (Fsp3) is 0.429. The second-order valence-corrected chi connectivity index (χ2v) is 11.9. The van der Waals surface area contributed by atoms with Crippen LogP contribution in [0, 0.1) is 0 Å². The summed E-state index contributed by atoms with van der Waals surface area (Å²) in [5.41, 5.74) is 4.53. The average Bonchev–Trinajstić information content (AvgIpc) is 3.54. The molecule has 8 nitrogen and oxygen atoms in total. The molecule has 3 unspecified atom stereocenters. The van der Waals surface area contributed by atoms with Gasteiger partial charge in [0, 0.05) is 23.8 Å². The Kier molecular flexibility index (Phi) is 10.0. The van der Waals surface area contributed by atoms with Crippen LogP contribution in [0.2, 0.25) is 5.02 Å². The van der Waals surface area contributed by atoms with E-state index in [0.717, 1.165) is 47.3 Å². The van der Waals surface area contributed by atoms with Crippen molar-refractivity contribution < 1.29 is 23.8 Å². The zero-order chi connectivity index (χ0) is 31.4. The summed E-state index contributed by atoms with van der Waals surface area (Å²) in [6.07, 6.45) is 1.49. The van der Waals surface area contributed by atoms with Gasteiger partial charge in [-0.05, 0) is 98.8 Å². The molecule has 4 atom stereocenters. The molecular formula is C35H42ClN3O5. The second kappa shape index (κ2) is 13.9. The number of nitrogens with zero attached hydrogens (tertiary/aromatic N) is 2. The summed E-state index contributed by atoms with van der Waals surface area (Å²) >= 11 is 6.27. The number of benzene rings is 3. The predicted octanol–water partition coefficient (Wildman–Crippen LogP) is 7.09. The summed E-state index contributed by atoms with van der Waals surface area (Å²) in [4.78, 5) is 30.5. The smallest absolute Gasteiger partial charge is 0.410 e. The first-order valence-corrected chi connectivity index (χ1v) is 15.8. The highest BCUT2D eigenvalue weighted by molar-refractivity contribution is 6.30. The Morgan fingerprint density at radius 2 is 1.80 bits per heavy atom. The van der Waals surface area contributed by atoms with Crippen molar-refractivity contribution in [2.24, 2.45) is 0 Å². The topological polar surface area (TPSA) is 80.3 Å². The van der Waals surface area contributed by atoms with E-state index in [9.17, 15) is 9.59 Å². The zero-order valence-electron chi connectivity index (χ0n) is 26.1. The molecule has 5 rings (SSSR count). The number of nitrogens with one attached hydrogen (secondary N) is 1. The summed E-state index contributed by atoms with van der Waals surface area (Å²) in [6, 6.07) is 18.8. The van der Waals surface area contributed by atoms with Gasteiger partial charge in [0.05, 0.1) is 31.7 Å². The summed E-state index contributed by atoms with van der Waals surface area (Å²) in [5, 5.41) is 3.86. The van der Waals surface area contributed by atoms with E-state index in [2.05, 4.69) is 12.2 Å². The lowest BCUT2D eigenvalue weighted by molar-refractivity contribution is -0.118. The van der Waals surface area contributed by atoms with E-state index in [-0.39, 0.29) is 36.7 Å². The lowest BCUT2D eigenvalue weighted by atomic mass is 9.86. The second-order valence-electron chi connectivity index (χ2n) is 11.5. The van der Waals surface area contributed by atoms with Crippen LogP contribution in [0.5, 0.6) is 11.5 Å². The van der Waals surface area contributed by atoms with Crippen molar-refractivity contribution in [2.45, 2.75) is 71.2 Å². The molecule has 2 heterocycles. The maximum atomic E-state index is 13.9. The molecule has 44 heavy (non-hydrogen) atoms. The lowest BCUT2D eigenvalue weighted by Crippen LogP contribution is -2.41. The molecule has 3 aromatic carbocycles. The number of hydrogen-bond donors (Lipinski definition) is 1. The minimum absolute atomic E-state index is 0.00147. The molecule has 0 radical (unpaired) electrons. The molecule has 0 bridgehead atoms. The molecule has 0 aliphatic carbocycles. The Morgan fingerprint density at radius 1 is 1.07 bits per heavy atom. The summed E-state index contributed by atoms with van der Waals surface area (Å²) in [6.45, 7) is 10.1. The number of ether oxygens (including phenoxy) is 3. The number of hydrogen-bond acceptors (Lipinski definition) is 6. The molecule has 1 N–H and O–H groups in total. The minimum atomic E-state index is -0.404. The fourth-order valence-corrected chi connectivity index (χ4v) is 6.09. The van der Waals surface area contributed by atoms with Crippen molar-refractivity contribution >= 4 is 29.3 Å². The van der Waals surface area contributed by atoms with Gasteiger partial charge >= 0.3 is 6.09 Å². The summed E-state index contributed by atoms with van der Waals surface area (Å²) in [5.74, 6) is 1.24. The van der Waals surface area contributed by atoms with Crippen molar-refractivity contribution in [3.8, 4) is 11.5 Å². The number of anilines is 1. The maximum Gasteiger partial charge on any atom is 0.410 e. The quantitative estimate of drug-likeness (QED) is 0.261. The van der Waals surface area contributed by atoms with Gasteiger partial charge in [0.2, 0.25) is 5.91 Å². The van der Waals surface area contributed by atoms with E-state index in [1.54, 1.807) is 12.0 Å². The number of halogens is 1. The summed E-state index contributed by atoms with van der Waals surface area (Å²) < 4.78 is 17.7. The molecule has 0 saturated carbocycles. The first-order valence-electron chi connectivity index (χ1n) is 15.5. The molecule has 1 fully saturated rings. The van der Waals surface area contributed by atoms with E-state index >= 15 is 0 Å². The van der Waals surface area contributed by atoms with Crippen LogP contribution < -0.4 is 19.7 Å². The Hall–Kier alpha value is -3.75. The third-order valence-electron chi connectivity index (χ3n) is 8.66. The molecule has 1 saturated heterocycles. The van der Waals surface area contributed by atoms with Crippen molar-refractivity contribution in [2.75, 3.05) is 31.6 Å². The average molecular weight is 620 g/mol. The van der Waals surface area contributed by atoms with Gasteiger partial charge < -0.3 is 29.3 Å². The molecule has 2 aliphatic heterocycles. The lowest BCUT2D eigenvalue weighted by Gasteiger charge is -2.38. The molecule has 234 valence electrons. The number of carbonyl (C=O) groups is 2.